The van der Waals surface area contributed by atoms with E-state index in [1.807, 2.05) is 41.9 Å². The van der Waals surface area contributed by atoms with E-state index >= 15 is 0 Å². The van der Waals surface area contributed by atoms with E-state index in [1.54, 1.807) is 0 Å². The number of hydrogen-bond acceptors (Lipinski definition) is 4. The van der Waals surface area contributed by atoms with Gasteiger partial charge in [0.2, 0.25) is 0 Å². The number of aromatic nitrogens is 2. The second kappa shape index (κ2) is 9.74. The lowest BCUT2D eigenvalue weighted by atomic mass is 10.1. The maximum absolute atomic E-state index is 12.8. The Morgan fingerprint density at radius 3 is 2.62 bits per heavy atom. The molecule has 1 aromatic carbocycles. The van der Waals surface area contributed by atoms with Crippen LogP contribution in [0.25, 0.3) is 15.9 Å². The minimum Gasteiger partial charge on any atom is -0.349 e. The van der Waals surface area contributed by atoms with Crippen molar-refractivity contribution in [3.8, 4) is 5.69 Å². The van der Waals surface area contributed by atoms with Crippen LogP contribution < -0.4 is 5.32 Å². The van der Waals surface area contributed by atoms with Crippen LogP contribution in [-0.2, 0) is 0 Å². The van der Waals surface area contributed by atoms with Gasteiger partial charge in [-0.2, -0.15) is 5.10 Å². The third-order valence-electron chi connectivity index (χ3n) is 5.22. The number of thiophene rings is 1. The molecule has 0 radical (unpaired) electrons. The first-order valence-corrected chi connectivity index (χ1v) is 11.4. The smallest absolute Gasteiger partial charge is 0.261 e. The molecule has 0 saturated heterocycles. The van der Waals surface area contributed by atoms with E-state index in [2.05, 4.69) is 36.1 Å². The Morgan fingerprint density at radius 2 is 1.97 bits per heavy atom. The summed E-state index contributed by atoms with van der Waals surface area (Å²) in [6.07, 6.45) is 2.06. The van der Waals surface area contributed by atoms with Gasteiger partial charge >= 0.3 is 0 Å². The number of nitrogens with zero attached hydrogens (tertiary/aromatic N) is 3. The highest BCUT2D eigenvalue weighted by atomic mass is 35.5. The molecule has 0 aliphatic heterocycles. The number of amides is 1. The van der Waals surface area contributed by atoms with Crippen LogP contribution in [0.5, 0.6) is 0 Å². The summed E-state index contributed by atoms with van der Waals surface area (Å²) in [4.78, 5) is 16.9. The number of fused-ring (bicyclic) bond motifs is 1. The Morgan fingerprint density at radius 1 is 1.28 bits per heavy atom. The molecule has 3 rings (SSSR count). The van der Waals surface area contributed by atoms with Gasteiger partial charge in [-0.25, -0.2) is 4.68 Å². The number of benzene rings is 1. The Balaban J connectivity index is 1.69. The SMILES string of the molecule is CCN(CC)CCC[C@H](C)NC(=O)c1cc2c(C)nn(-c3ccc(Cl)cc3)c2s1. The van der Waals surface area contributed by atoms with Crippen LogP contribution >= 0.6 is 22.9 Å². The number of halogens is 1. The predicted octanol–water partition coefficient (Wildman–Crippen LogP) is 5.29. The fourth-order valence-electron chi connectivity index (χ4n) is 3.44. The molecule has 156 valence electrons. The molecular weight excluding hydrogens is 404 g/mol. The number of carbonyl (C=O) groups is 1. The summed E-state index contributed by atoms with van der Waals surface area (Å²) < 4.78 is 1.88. The first-order chi connectivity index (χ1) is 13.9. The Hall–Kier alpha value is -1.89. The third-order valence-corrected chi connectivity index (χ3v) is 6.58. The molecule has 7 heteroatoms. The average Bonchev–Trinajstić information content (AvgIpc) is 3.27. The second-order valence-corrected chi connectivity index (χ2v) is 8.81. The molecule has 1 atom stereocenters. The van der Waals surface area contributed by atoms with E-state index in [1.165, 1.54) is 11.3 Å². The minimum absolute atomic E-state index is 0.0106. The molecule has 0 bridgehead atoms. The lowest BCUT2D eigenvalue weighted by molar-refractivity contribution is 0.0941. The van der Waals surface area contributed by atoms with Gasteiger partial charge in [0.1, 0.15) is 4.83 Å². The predicted molar refractivity (Wildman–Crippen MR) is 123 cm³/mol. The van der Waals surface area contributed by atoms with Crippen molar-refractivity contribution in [1.82, 2.24) is 20.0 Å². The maximum Gasteiger partial charge on any atom is 0.261 e. The van der Waals surface area contributed by atoms with Gasteiger partial charge in [-0.05, 0) is 76.7 Å². The third kappa shape index (κ3) is 5.18. The maximum atomic E-state index is 12.8. The van der Waals surface area contributed by atoms with Crippen molar-refractivity contribution in [2.24, 2.45) is 0 Å². The van der Waals surface area contributed by atoms with Crippen LogP contribution in [0.4, 0.5) is 0 Å². The highest BCUT2D eigenvalue weighted by Crippen LogP contribution is 2.30. The first kappa shape index (κ1) is 21.8. The molecule has 0 aliphatic rings. The van der Waals surface area contributed by atoms with Gasteiger partial charge in [-0.15, -0.1) is 11.3 Å². The monoisotopic (exact) mass is 432 g/mol. The minimum atomic E-state index is -0.0106. The molecule has 29 heavy (non-hydrogen) atoms. The fourth-order valence-corrected chi connectivity index (χ4v) is 4.66. The molecule has 0 saturated carbocycles. The molecule has 2 aromatic heterocycles. The van der Waals surface area contributed by atoms with E-state index < -0.39 is 0 Å². The van der Waals surface area contributed by atoms with E-state index in [9.17, 15) is 4.79 Å². The number of hydrogen-bond donors (Lipinski definition) is 1. The molecule has 0 fully saturated rings. The van der Waals surface area contributed by atoms with Crippen molar-refractivity contribution in [1.29, 1.82) is 0 Å². The molecule has 0 aliphatic carbocycles. The lowest BCUT2D eigenvalue weighted by Gasteiger charge is -2.19. The normalized spacial score (nSPS) is 12.6. The van der Waals surface area contributed by atoms with Gasteiger partial charge < -0.3 is 10.2 Å². The molecule has 1 N–H and O–H groups in total. The van der Waals surface area contributed by atoms with Gasteiger partial charge in [-0.3, -0.25) is 4.79 Å². The fraction of sp³-hybridized carbons (Fsp3) is 0.455. The molecule has 3 aromatic rings. The van der Waals surface area contributed by atoms with Crippen LogP contribution in [0.2, 0.25) is 5.02 Å². The van der Waals surface area contributed by atoms with Crippen LogP contribution in [0.3, 0.4) is 0 Å². The zero-order valence-corrected chi connectivity index (χ0v) is 19.1. The van der Waals surface area contributed by atoms with Crippen LogP contribution in [0, 0.1) is 6.92 Å². The summed E-state index contributed by atoms with van der Waals surface area (Å²) in [6.45, 7) is 11.6. The summed E-state index contributed by atoms with van der Waals surface area (Å²) in [5.74, 6) is -0.0106. The first-order valence-electron chi connectivity index (χ1n) is 10.2. The molecule has 2 heterocycles. The van der Waals surface area contributed by atoms with Crippen molar-refractivity contribution < 1.29 is 4.79 Å². The van der Waals surface area contributed by atoms with E-state index in [4.69, 9.17) is 11.6 Å². The van der Waals surface area contributed by atoms with Crippen molar-refractivity contribution in [2.75, 3.05) is 19.6 Å². The molecule has 5 nitrogen and oxygen atoms in total. The zero-order valence-electron chi connectivity index (χ0n) is 17.5. The summed E-state index contributed by atoms with van der Waals surface area (Å²) >= 11 is 7.48. The lowest BCUT2D eigenvalue weighted by Crippen LogP contribution is -2.33. The summed E-state index contributed by atoms with van der Waals surface area (Å²) in [5.41, 5.74) is 1.85. The summed E-state index contributed by atoms with van der Waals surface area (Å²) in [5, 5.41) is 9.49. The number of rotatable bonds is 9. The summed E-state index contributed by atoms with van der Waals surface area (Å²) in [7, 11) is 0. The molecule has 0 spiro atoms. The van der Waals surface area contributed by atoms with Gasteiger partial charge in [0.25, 0.3) is 5.91 Å². The standard InChI is InChI=1S/C22H29ClN4OS/c1-5-26(6-2)13-7-8-15(3)24-21(28)20-14-19-16(4)25-27(22(19)29-20)18-11-9-17(23)10-12-18/h9-12,14-15H,5-8,13H2,1-4H3,(H,24,28)/t15-/m0/s1. The van der Waals surface area contributed by atoms with Gasteiger partial charge in [0, 0.05) is 16.5 Å². The molecule has 0 unspecified atom stereocenters. The van der Waals surface area contributed by atoms with Crippen molar-refractivity contribution in [3.63, 3.8) is 0 Å². The topological polar surface area (TPSA) is 50.2 Å². The largest absolute Gasteiger partial charge is 0.349 e. The number of carbonyl (C=O) groups excluding carboxylic acids is 1. The van der Waals surface area contributed by atoms with Gasteiger partial charge in [0.05, 0.1) is 16.3 Å². The van der Waals surface area contributed by atoms with Gasteiger partial charge in [-0.1, -0.05) is 25.4 Å². The highest BCUT2D eigenvalue weighted by molar-refractivity contribution is 7.20. The quantitative estimate of drug-likeness (QED) is 0.499. The van der Waals surface area contributed by atoms with E-state index in [0.29, 0.717) is 5.02 Å². The molecular formula is C22H29ClN4OS. The van der Waals surface area contributed by atoms with Crippen molar-refractivity contribution in [2.45, 2.75) is 46.6 Å². The van der Waals surface area contributed by atoms with Crippen LogP contribution in [-0.4, -0.2) is 46.3 Å². The van der Waals surface area contributed by atoms with Crippen molar-refractivity contribution >= 4 is 39.1 Å². The van der Waals surface area contributed by atoms with Crippen LogP contribution in [0.1, 0.15) is 49.0 Å². The Kier molecular flexibility index (Phi) is 7.33. The number of nitrogens with one attached hydrogen (secondary N) is 1. The van der Waals surface area contributed by atoms with E-state index in [0.717, 1.165) is 59.0 Å². The highest BCUT2D eigenvalue weighted by Gasteiger charge is 2.18. The van der Waals surface area contributed by atoms with Crippen LogP contribution in [0.15, 0.2) is 30.3 Å². The van der Waals surface area contributed by atoms with E-state index in [-0.39, 0.29) is 11.9 Å². The van der Waals surface area contributed by atoms with Crippen molar-refractivity contribution in [3.05, 3.63) is 45.9 Å². The second-order valence-electron chi connectivity index (χ2n) is 7.35. The Labute approximate surface area is 181 Å². The zero-order chi connectivity index (χ0) is 21.0. The molecule has 1 amide bonds. The average molecular weight is 433 g/mol. The van der Waals surface area contributed by atoms with Gasteiger partial charge in [0.15, 0.2) is 0 Å². The Bertz CT molecular complexity index is 959. The number of aryl methyl sites for hydroxylation is 1. The summed E-state index contributed by atoms with van der Waals surface area (Å²) in [6, 6.07) is 9.67.